The second kappa shape index (κ2) is 7.50. The van der Waals surface area contributed by atoms with E-state index < -0.39 is 0 Å². The molecule has 1 aliphatic carbocycles. The largest absolute Gasteiger partial charge is 0.454 e. The van der Waals surface area contributed by atoms with E-state index in [9.17, 15) is 0 Å². The van der Waals surface area contributed by atoms with E-state index in [0.717, 1.165) is 66.2 Å². The maximum absolute atomic E-state index is 6.77. The molecular formula is C39H21N3O. The van der Waals surface area contributed by atoms with Crippen LogP contribution in [0.1, 0.15) is 0 Å². The normalized spacial score (nSPS) is 12.7. The van der Waals surface area contributed by atoms with Crippen LogP contribution in [0.15, 0.2) is 132 Å². The van der Waals surface area contributed by atoms with E-state index in [1.807, 2.05) is 6.07 Å². The molecule has 198 valence electrons. The molecule has 4 heterocycles. The monoisotopic (exact) mass is 547 g/mol. The number of nitrogens with zero attached hydrogens (tertiary/aromatic N) is 3. The Morgan fingerprint density at radius 1 is 0.488 bits per heavy atom. The summed E-state index contributed by atoms with van der Waals surface area (Å²) in [4.78, 5) is 5.32. The number of rotatable bonds is 1. The predicted octanol–water partition coefficient (Wildman–Crippen LogP) is 10.3. The summed E-state index contributed by atoms with van der Waals surface area (Å²) in [6.07, 6.45) is 0. The van der Waals surface area contributed by atoms with Crippen LogP contribution in [-0.2, 0) is 0 Å². The number of pyridine rings is 1. The molecule has 4 nitrogen and oxygen atoms in total. The summed E-state index contributed by atoms with van der Waals surface area (Å²) in [6, 6.07) is 45.5. The highest BCUT2D eigenvalue weighted by Crippen LogP contribution is 2.50. The Hall–Kier alpha value is -5.87. The number of para-hydroxylation sites is 4. The molecule has 43 heavy (non-hydrogen) atoms. The van der Waals surface area contributed by atoms with Gasteiger partial charge in [-0.1, -0.05) is 91.0 Å². The minimum absolute atomic E-state index is 0.879. The SMILES string of the molecule is c1ccc2c(c1)-c1cccc3c(-n4c5ccccc5c5c6oc7ccccc7c6n6c7ccccc7nc6c54)ccc-2c13. The van der Waals surface area contributed by atoms with Crippen LogP contribution in [0.4, 0.5) is 0 Å². The quantitative estimate of drug-likeness (QED) is 0.205. The zero-order valence-corrected chi connectivity index (χ0v) is 22.9. The van der Waals surface area contributed by atoms with Crippen LogP contribution in [0, 0.1) is 0 Å². The van der Waals surface area contributed by atoms with Gasteiger partial charge in [0, 0.05) is 16.2 Å². The van der Waals surface area contributed by atoms with Crippen molar-refractivity contribution in [1.29, 1.82) is 0 Å². The fraction of sp³-hybridized carbons (Fsp3) is 0. The molecule has 0 bridgehead atoms. The molecule has 4 heteroatoms. The molecule has 0 aliphatic heterocycles. The summed E-state index contributed by atoms with van der Waals surface area (Å²) in [5.74, 6) is 0. The van der Waals surface area contributed by atoms with Crippen molar-refractivity contribution in [3.05, 3.63) is 127 Å². The number of fused-ring (bicyclic) bond motifs is 15. The molecule has 0 amide bonds. The van der Waals surface area contributed by atoms with Crippen LogP contribution in [0.3, 0.4) is 0 Å². The van der Waals surface area contributed by atoms with Gasteiger partial charge >= 0.3 is 0 Å². The number of hydrogen-bond donors (Lipinski definition) is 0. The summed E-state index contributed by atoms with van der Waals surface area (Å²) in [5, 5.41) is 5.88. The molecule has 0 fully saturated rings. The van der Waals surface area contributed by atoms with Crippen LogP contribution in [0.2, 0.25) is 0 Å². The lowest BCUT2D eigenvalue weighted by atomic mass is 10.0. The summed E-state index contributed by atoms with van der Waals surface area (Å²) in [7, 11) is 0. The van der Waals surface area contributed by atoms with Crippen molar-refractivity contribution in [3.8, 4) is 27.9 Å². The minimum atomic E-state index is 0.879. The van der Waals surface area contributed by atoms with E-state index in [2.05, 4.69) is 130 Å². The minimum Gasteiger partial charge on any atom is -0.454 e. The Labute approximate surface area is 244 Å². The van der Waals surface area contributed by atoms with Gasteiger partial charge in [-0.2, -0.15) is 0 Å². The summed E-state index contributed by atoms with van der Waals surface area (Å²) < 4.78 is 11.5. The Bertz CT molecular complexity index is 2820. The molecule has 0 radical (unpaired) electrons. The van der Waals surface area contributed by atoms with E-state index in [4.69, 9.17) is 9.40 Å². The first-order valence-electron chi connectivity index (χ1n) is 14.7. The van der Waals surface area contributed by atoms with Crippen molar-refractivity contribution in [2.75, 3.05) is 0 Å². The highest BCUT2D eigenvalue weighted by atomic mass is 16.3. The van der Waals surface area contributed by atoms with Crippen LogP contribution >= 0.6 is 0 Å². The summed E-state index contributed by atoms with van der Waals surface area (Å²) >= 11 is 0. The van der Waals surface area contributed by atoms with E-state index in [0.29, 0.717) is 0 Å². The van der Waals surface area contributed by atoms with Crippen molar-refractivity contribution in [2.24, 2.45) is 0 Å². The zero-order valence-electron chi connectivity index (χ0n) is 22.9. The third-order valence-corrected chi connectivity index (χ3v) is 9.43. The van der Waals surface area contributed by atoms with Crippen molar-refractivity contribution in [3.63, 3.8) is 0 Å². The van der Waals surface area contributed by atoms with Gasteiger partial charge in [0.15, 0.2) is 11.2 Å². The lowest BCUT2D eigenvalue weighted by molar-refractivity contribution is 0.672. The molecule has 11 rings (SSSR count). The number of aromatic nitrogens is 3. The first-order valence-corrected chi connectivity index (χ1v) is 14.7. The van der Waals surface area contributed by atoms with Gasteiger partial charge in [0.1, 0.15) is 16.6 Å². The molecular weight excluding hydrogens is 526 g/mol. The highest BCUT2D eigenvalue weighted by Gasteiger charge is 2.27. The van der Waals surface area contributed by atoms with Crippen molar-refractivity contribution in [2.45, 2.75) is 0 Å². The van der Waals surface area contributed by atoms with Crippen LogP contribution in [0.25, 0.3) is 99.3 Å². The second-order valence-electron chi connectivity index (χ2n) is 11.5. The number of furan rings is 1. The fourth-order valence-electron chi connectivity index (χ4n) is 7.75. The first kappa shape index (κ1) is 21.8. The van der Waals surface area contributed by atoms with E-state index >= 15 is 0 Å². The first-order chi connectivity index (χ1) is 21.4. The van der Waals surface area contributed by atoms with Gasteiger partial charge in [-0.25, -0.2) is 4.98 Å². The predicted molar refractivity (Wildman–Crippen MR) is 176 cm³/mol. The number of benzene rings is 6. The molecule has 4 aromatic heterocycles. The average Bonchev–Trinajstić information content (AvgIpc) is 3.80. The standard InChI is InChI=1S/C39H21N3O/c1-2-11-23-22(10-1)24-14-9-15-26-31(21-20-25(23)34(24)26)41-30-17-6-3-12-27(30)35-37(41)39-40-29-16-5-7-18-32(29)42(39)36-28-13-4-8-19-33(28)43-38(35)36/h1-21H. The fourth-order valence-corrected chi connectivity index (χ4v) is 7.75. The van der Waals surface area contributed by atoms with E-state index in [1.54, 1.807) is 0 Å². The van der Waals surface area contributed by atoms with Gasteiger partial charge in [0.05, 0.1) is 27.6 Å². The van der Waals surface area contributed by atoms with Gasteiger partial charge < -0.3 is 8.98 Å². The van der Waals surface area contributed by atoms with Crippen LogP contribution in [0.5, 0.6) is 0 Å². The molecule has 0 unspecified atom stereocenters. The molecule has 0 saturated heterocycles. The molecule has 10 aromatic rings. The van der Waals surface area contributed by atoms with Crippen LogP contribution < -0.4 is 0 Å². The zero-order chi connectivity index (χ0) is 27.8. The Kier molecular flexibility index (Phi) is 3.80. The van der Waals surface area contributed by atoms with Gasteiger partial charge in [0.25, 0.3) is 0 Å². The van der Waals surface area contributed by atoms with Gasteiger partial charge in [-0.15, -0.1) is 0 Å². The summed E-state index contributed by atoms with van der Waals surface area (Å²) in [6.45, 7) is 0. The van der Waals surface area contributed by atoms with Crippen LogP contribution in [-0.4, -0.2) is 14.0 Å². The molecule has 0 saturated carbocycles. The molecule has 0 N–H and O–H groups in total. The molecule has 0 spiro atoms. The van der Waals surface area contributed by atoms with E-state index in [1.165, 1.54) is 33.0 Å². The van der Waals surface area contributed by atoms with Gasteiger partial charge in [-0.3, -0.25) is 4.40 Å². The van der Waals surface area contributed by atoms with E-state index in [-0.39, 0.29) is 0 Å². The van der Waals surface area contributed by atoms with Crippen molar-refractivity contribution < 1.29 is 4.42 Å². The van der Waals surface area contributed by atoms with Gasteiger partial charge in [-0.05, 0) is 64.0 Å². The highest BCUT2D eigenvalue weighted by molar-refractivity contribution is 6.28. The maximum atomic E-state index is 6.77. The maximum Gasteiger partial charge on any atom is 0.163 e. The third-order valence-electron chi connectivity index (χ3n) is 9.43. The molecule has 1 aliphatic rings. The summed E-state index contributed by atoms with van der Waals surface area (Å²) in [5.41, 5.74) is 14.3. The molecule has 6 aromatic carbocycles. The topological polar surface area (TPSA) is 35.4 Å². The van der Waals surface area contributed by atoms with Crippen molar-refractivity contribution >= 4 is 71.3 Å². The second-order valence-corrected chi connectivity index (χ2v) is 11.5. The van der Waals surface area contributed by atoms with Gasteiger partial charge in [0.2, 0.25) is 0 Å². The van der Waals surface area contributed by atoms with Crippen molar-refractivity contribution in [1.82, 2.24) is 14.0 Å². The smallest absolute Gasteiger partial charge is 0.163 e. The number of hydrogen-bond acceptors (Lipinski definition) is 2. The average molecular weight is 548 g/mol. The molecule has 0 atom stereocenters. The Morgan fingerprint density at radius 2 is 1.16 bits per heavy atom. The lowest BCUT2D eigenvalue weighted by Crippen LogP contribution is -1.98. The lowest BCUT2D eigenvalue weighted by Gasteiger charge is -2.14. The Morgan fingerprint density at radius 3 is 2.05 bits per heavy atom. The Balaban J connectivity index is 1.42. The number of imidazole rings is 1. The third kappa shape index (κ3) is 2.52.